The van der Waals surface area contributed by atoms with Gasteiger partial charge in [-0.15, -0.1) is 11.3 Å². The van der Waals surface area contributed by atoms with Crippen LogP contribution in [0.25, 0.3) is 0 Å². The molecule has 0 bridgehead atoms. The van der Waals surface area contributed by atoms with Crippen LogP contribution >= 0.6 is 11.3 Å². The fraction of sp³-hybridized carbons (Fsp3) is 0.333. The molecule has 5 heteroatoms. The molecule has 0 aliphatic heterocycles. The normalized spacial score (nSPS) is 10.5. The average Bonchev–Trinajstić information content (AvgIpc) is 2.80. The second-order valence-electron chi connectivity index (χ2n) is 4.49. The van der Waals surface area contributed by atoms with Gasteiger partial charge in [-0.3, -0.25) is 0 Å². The van der Waals surface area contributed by atoms with Crippen LogP contribution in [0.1, 0.15) is 39.3 Å². The summed E-state index contributed by atoms with van der Waals surface area (Å²) in [6, 6.07) is 7.92. The van der Waals surface area contributed by atoms with E-state index in [0.29, 0.717) is 10.7 Å². The Balaban J connectivity index is 1.98. The highest BCUT2D eigenvalue weighted by molar-refractivity contribution is 7.13. The number of aromatic nitrogens is 1. The minimum absolute atomic E-state index is 0.168. The summed E-state index contributed by atoms with van der Waals surface area (Å²) < 4.78 is 5.61. The third-order valence-corrected chi connectivity index (χ3v) is 3.96. The van der Waals surface area contributed by atoms with Gasteiger partial charge >= 0.3 is 0 Å². The fourth-order valence-corrected chi connectivity index (χ4v) is 2.70. The maximum absolute atomic E-state index is 10.8. The first-order chi connectivity index (χ1) is 9.60. The lowest BCUT2D eigenvalue weighted by Gasteiger charge is -2.05. The molecule has 1 aromatic heterocycles. The molecular weight excluding hydrogens is 274 g/mol. The van der Waals surface area contributed by atoms with Crippen molar-refractivity contribution in [2.24, 2.45) is 0 Å². The van der Waals surface area contributed by atoms with Crippen molar-refractivity contribution >= 4 is 17.3 Å². The van der Waals surface area contributed by atoms with Gasteiger partial charge in [-0.05, 0) is 31.0 Å². The monoisotopic (exact) mass is 290 g/mol. The highest BCUT2D eigenvalue weighted by atomic mass is 32.1. The molecule has 0 N–H and O–H groups in total. The number of aryl methyl sites for hydroxylation is 2. The molecule has 1 aromatic carbocycles. The molecule has 0 unspecified atom stereocenters. The van der Waals surface area contributed by atoms with E-state index in [1.54, 1.807) is 6.92 Å². The van der Waals surface area contributed by atoms with Crippen molar-refractivity contribution in [3.05, 3.63) is 45.4 Å². The number of hydrogen-bond acceptors (Lipinski definition) is 5. The molecule has 1 heterocycles. The SMILES string of the molecule is CCCc1ccc(OCc2nc(C)c(C(=O)[O-])s2)cc1. The molecule has 0 saturated carbocycles. The van der Waals surface area contributed by atoms with Crippen LogP contribution in [-0.2, 0) is 13.0 Å². The quantitative estimate of drug-likeness (QED) is 0.819. The maximum atomic E-state index is 10.8. The van der Waals surface area contributed by atoms with Gasteiger partial charge in [0.15, 0.2) is 0 Å². The number of ether oxygens (including phenoxy) is 1. The van der Waals surface area contributed by atoms with E-state index in [0.717, 1.165) is 29.9 Å². The van der Waals surface area contributed by atoms with Crippen molar-refractivity contribution in [3.8, 4) is 5.75 Å². The van der Waals surface area contributed by atoms with Gasteiger partial charge in [-0.1, -0.05) is 25.5 Å². The molecule has 2 rings (SSSR count). The molecule has 20 heavy (non-hydrogen) atoms. The molecule has 0 spiro atoms. The standard InChI is InChI=1S/C15H17NO3S/c1-3-4-11-5-7-12(8-6-11)19-9-13-16-10(2)14(20-13)15(17)18/h5-8H,3-4,9H2,1-2H3,(H,17,18)/p-1. The van der Waals surface area contributed by atoms with Gasteiger partial charge in [0.05, 0.1) is 16.5 Å². The van der Waals surface area contributed by atoms with Crippen LogP contribution in [0.4, 0.5) is 0 Å². The summed E-state index contributed by atoms with van der Waals surface area (Å²) >= 11 is 1.10. The minimum Gasteiger partial charge on any atom is -0.544 e. The van der Waals surface area contributed by atoms with Crippen LogP contribution < -0.4 is 9.84 Å². The van der Waals surface area contributed by atoms with Crippen molar-refractivity contribution in [1.29, 1.82) is 0 Å². The Kier molecular flexibility index (Phi) is 4.74. The van der Waals surface area contributed by atoms with E-state index < -0.39 is 5.97 Å². The topological polar surface area (TPSA) is 62.2 Å². The first-order valence-electron chi connectivity index (χ1n) is 6.49. The highest BCUT2D eigenvalue weighted by Gasteiger charge is 2.08. The predicted molar refractivity (Wildman–Crippen MR) is 76.0 cm³/mol. The summed E-state index contributed by atoms with van der Waals surface area (Å²) in [5.74, 6) is -0.428. The van der Waals surface area contributed by atoms with E-state index in [-0.39, 0.29) is 11.5 Å². The van der Waals surface area contributed by atoms with E-state index in [2.05, 4.69) is 11.9 Å². The molecule has 2 aromatic rings. The third kappa shape index (κ3) is 3.57. The predicted octanol–water partition coefficient (Wildman–Crippen LogP) is 2.35. The number of carbonyl (C=O) groups excluding carboxylic acids is 1. The van der Waals surface area contributed by atoms with Crippen LogP contribution in [0.5, 0.6) is 5.75 Å². The van der Waals surface area contributed by atoms with E-state index in [1.165, 1.54) is 5.56 Å². The zero-order chi connectivity index (χ0) is 14.5. The Morgan fingerprint density at radius 1 is 1.35 bits per heavy atom. The lowest BCUT2D eigenvalue weighted by Crippen LogP contribution is -2.21. The molecule has 0 aliphatic rings. The Bertz CT molecular complexity index is 590. The number of hydrogen-bond donors (Lipinski definition) is 0. The van der Waals surface area contributed by atoms with Crippen LogP contribution in [0, 0.1) is 6.92 Å². The number of benzene rings is 1. The number of rotatable bonds is 6. The lowest BCUT2D eigenvalue weighted by atomic mass is 10.1. The Morgan fingerprint density at radius 2 is 2.05 bits per heavy atom. The smallest absolute Gasteiger partial charge is 0.140 e. The molecule has 0 radical (unpaired) electrons. The van der Waals surface area contributed by atoms with Crippen LogP contribution in [0.2, 0.25) is 0 Å². The second kappa shape index (κ2) is 6.52. The van der Waals surface area contributed by atoms with Crippen molar-refractivity contribution in [1.82, 2.24) is 4.98 Å². The second-order valence-corrected chi connectivity index (χ2v) is 5.58. The Labute approximate surface area is 122 Å². The number of thiazole rings is 1. The molecule has 0 aliphatic carbocycles. The summed E-state index contributed by atoms with van der Waals surface area (Å²) in [5, 5.41) is 11.5. The summed E-state index contributed by atoms with van der Waals surface area (Å²) in [6.45, 7) is 4.07. The van der Waals surface area contributed by atoms with E-state index >= 15 is 0 Å². The summed E-state index contributed by atoms with van der Waals surface area (Å²) in [6.07, 6.45) is 2.17. The maximum Gasteiger partial charge on any atom is 0.140 e. The highest BCUT2D eigenvalue weighted by Crippen LogP contribution is 2.20. The summed E-state index contributed by atoms with van der Waals surface area (Å²) in [5.41, 5.74) is 1.76. The first-order valence-corrected chi connectivity index (χ1v) is 7.31. The Hall–Kier alpha value is -1.88. The van der Waals surface area contributed by atoms with Crippen molar-refractivity contribution in [2.75, 3.05) is 0 Å². The van der Waals surface area contributed by atoms with Crippen molar-refractivity contribution < 1.29 is 14.6 Å². The van der Waals surface area contributed by atoms with Crippen molar-refractivity contribution in [2.45, 2.75) is 33.3 Å². The molecule has 106 valence electrons. The van der Waals surface area contributed by atoms with Crippen LogP contribution in [-0.4, -0.2) is 11.0 Å². The number of nitrogens with zero attached hydrogens (tertiary/aromatic N) is 1. The van der Waals surface area contributed by atoms with Gasteiger partial charge < -0.3 is 14.6 Å². The molecule has 0 amide bonds. The molecule has 4 nitrogen and oxygen atoms in total. The van der Waals surface area contributed by atoms with Gasteiger partial charge in [0.25, 0.3) is 0 Å². The first kappa shape index (κ1) is 14.5. The number of carboxylic acids is 1. The number of aromatic carboxylic acids is 1. The van der Waals surface area contributed by atoms with E-state index in [1.807, 2.05) is 24.3 Å². The number of carbonyl (C=O) groups is 1. The molecular formula is C15H16NO3S-. The van der Waals surface area contributed by atoms with Gasteiger partial charge in [-0.25, -0.2) is 4.98 Å². The summed E-state index contributed by atoms with van der Waals surface area (Å²) in [7, 11) is 0. The van der Waals surface area contributed by atoms with E-state index in [9.17, 15) is 9.90 Å². The molecule has 0 fully saturated rings. The van der Waals surface area contributed by atoms with Gasteiger partial charge in [0.2, 0.25) is 0 Å². The third-order valence-electron chi connectivity index (χ3n) is 2.85. The Morgan fingerprint density at radius 3 is 2.60 bits per heavy atom. The van der Waals surface area contributed by atoms with Crippen molar-refractivity contribution in [3.63, 3.8) is 0 Å². The number of carboxylic acid groups (broad SMARTS) is 1. The van der Waals surface area contributed by atoms with Gasteiger partial charge in [0, 0.05) is 0 Å². The van der Waals surface area contributed by atoms with Gasteiger partial charge in [0.1, 0.15) is 17.4 Å². The molecule has 0 saturated heterocycles. The zero-order valence-electron chi connectivity index (χ0n) is 11.5. The average molecular weight is 290 g/mol. The van der Waals surface area contributed by atoms with Crippen LogP contribution in [0.3, 0.4) is 0 Å². The largest absolute Gasteiger partial charge is 0.544 e. The summed E-state index contributed by atoms with van der Waals surface area (Å²) in [4.78, 5) is 15.2. The van der Waals surface area contributed by atoms with E-state index in [4.69, 9.17) is 4.74 Å². The lowest BCUT2D eigenvalue weighted by molar-refractivity contribution is -0.254. The molecule has 0 atom stereocenters. The van der Waals surface area contributed by atoms with Crippen LogP contribution in [0.15, 0.2) is 24.3 Å². The fourth-order valence-electron chi connectivity index (χ4n) is 1.89. The minimum atomic E-state index is -1.19. The van der Waals surface area contributed by atoms with Gasteiger partial charge in [-0.2, -0.15) is 0 Å². The zero-order valence-corrected chi connectivity index (χ0v) is 12.3.